The summed E-state index contributed by atoms with van der Waals surface area (Å²) in [5, 5.41) is 3.32. The topological polar surface area (TPSA) is 24.1 Å². The van der Waals surface area contributed by atoms with Crippen molar-refractivity contribution in [2.24, 2.45) is 0 Å². The van der Waals surface area contributed by atoms with Gasteiger partial charge in [0.25, 0.3) is 0 Å². The Labute approximate surface area is 78.2 Å². The van der Waals surface area contributed by atoms with Gasteiger partial charge in [-0.05, 0) is 25.7 Å². The van der Waals surface area contributed by atoms with Gasteiger partial charge in [0.15, 0.2) is 0 Å². The minimum absolute atomic E-state index is 0.861. The van der Waals surface area contributed by atoms with Crippen molar-refractivity contribution in [3.8, 4) is 0 Å². The fourth-order valence-electron chi connectivity index (χ4n) is 1.87. The van der Waals surface area contributed by atoms with Crippen LogP contribution in [0, 0.1) is 0 Å². The zero-order valence-electron chi connectivity index (χ0n) is 9.20. The van der Waals surface area contributed by atoms with E-state index in [2.05, 4.69) is 45.2 Å². The molecule has 0 aliphatic rings. The van der Waals surface area contributed by atoms with Gasteiger partial charge in [0.05, 0.1) is 0 Å². The van der Waals surface area contributed by atoms with Crippen molar-refractivity contribution < 1.29 is 0 Å². The largest absolute Gasteiger partial charge is 0.339 e. The molecular weight excluding hydrogens is 164 g/mol. The Morgan fingerprint density at radius 1 is 1.25 bits per heavy atom. The van der Waals surface area contributed by atoms with Crippen LogP contribution in [0.3, 0.4) is 0 Å². The van der Waals surface area contributed by atoms with Crippen molar-refractivity contribution in [2.75, 3.05) is 20.3 Å². The van der Waals surface area contributed by atoms with Crippen LogP contribution in [0.4, 0.5) is 0 Å². The van der Waals surface area contributed by atoms with Crippen LogP contribution in [-0.2, 0) is 0 Å². The molecule has 12 heavy (non-hydrogen) atoms. The lowest BCUT2D eigenvalue weighted by Gasteiger charge is -2.35. The first kappa shape index (κ1) is 12.1. The summed E-state index contributed by atoms with van der Waals surface area (Å²) in [6.45, 7) is 6.98. The molecule has 2 N–H and O–H groups in total. The summed E-state index contributed by atoms with van der Waals surface area (Å²) in [5.74, 6) is 0. The first-order valence-electron chi connectivity index (χ1n) is 5.00. The predicted molar refractivity (Wildman–Crippen MR) is 58.9 cm³/mol. The zero-order valence-corrected chi connectivity index (χ0v) is 10.2. The van der Waals surface area contributed by atoms with E-state index in [1.54, 1.807) is 0 Å². The quantitative estimate of drug-likeness (QED) is 0.620. The second-order valence-electron chi connectivity index (χ2n) is 3.60. The van der Waals surface area contributed by atoms with E-state index in [4.69, 9.17) is 0 Å². The van der Waals surface area contributed by atoms with Crippen molar-refractivity contribution in [2.45, 2.75) is 38.8 Å². The van der Waals surface area contributed by atoms with Crippen LogP contribution in [0.15, 0.2) is 0 Å². The van der Waals surface area contributed by atoms with Crippen molar-refractivity contribution in [1.29, 1.82) is 0 Å². The third-order valence-electron chi connectivity index (χ3n) is 3.18. The number of hydrogen-bond donors (Lipinski definition) is 2. The third kappa shape index (κ3) is 2.57. The normalized spacial score (nSPS) is 18.8. The third-order valence-corrected chi connectivity index (χ3v) is 8.71. The van der Waals surface area contributed by atoms with Gasteiger partial charge in [0.2, 0.25) is 0 Å². The minimum atomic E-state index is -1.21. The smallest absolute Gasteiger partial charge is 0.141 e. The molecule has 3 heteroatoms. The molecule has 0 amide bonds. The molecule has 0 fully saturated rings. The molecule has 0 rings (SSSR count). The Kier molecular flexibility index (Phi) is 5.79. The lowest BCUT2D eigenvalue weighted by Crippen LogP contribution is -2.58. The van der Waals surface area contributed by atoms with E-state index < -0.39 is 8.24 Å². The van der Waals surface area contributed by atoms with Gasteiger partial charge in [-0.1, -0.05) is 27.2 Å². The molecule has 0 aromatic carbocycles. The van der Waals surface area contributed by atoms with E-state index in [-0.39, 0.29) is 0 Å². The zero-order chi connectivity index (χ0) is 9.61. The fourth-order valence-corrected chi connectivity index (χ4v) is 5.60. The van der Waals surface area contributed by atoms with Gasteiger partial charge < -0.3 is 10.3 Å². The molecule has 0 aliphatic carbocycles. The van der Waals surface area contributed by atoms with E-state index in [0.29, 0.717) is 0 Å². The molecule has 0 radical (unpaired) electrons. The maximum Gasteiger partial charge on any atom is 0.141 e. The lowest BCUT2D eigenvalue weighted by molar-refractivity contribution is 0.765. The first-order valence-corrected chi connectivity index (χ1v) is 7.49. The summed E-state index contributed by atoms with van der Waals surface area (Å²) in [7, 11) is 2.97. The summed E-state index contributed by atoms with van der Waals surface area (Å²) in [6.07, 6.45) is 2.48. The van der Waals surface area contributed by atoms with E-state index in [1.807, 2.05) is 0 Å². The fraction of sp³-hybridized carbons (Fsp3) is 1.00. The van der Waals surface area contributed by atoms with E-state index >= 15 is 0 Å². The molecule has 0 aliphatic heterocycles. The van der Waals surface area contributed by atoms with Gasteiger partial charge in [0, 0.05) is 6.17 Å². The van der Waals surface area contributed by atoms with Gasteiger partial charge in [-0.2, -0.15) is 0 Å². The average molecular weight is 188 g/mol. The van der Waals surface area contributed by atoms with E-state index in [0.717, 1.165) is 5.54 Å². The summed E-state index contributed by atoms with van der Waals surface area (Å²) in [6, 6.07) is 1.32. The van der Waals surface area contributed by atoms with E-state index in [9.17, 15) is 0 Å². The van der Waals surface area contributed by atoms with Crippen LogP contribution < -0.4 is 10.3 Å². The van der Waals surface area contributed by atoms with Crippen molar-refractivity contribution in [3.05, 3.63) is 0 Å². The maximum absolute atomic E-state index is 3.59. The highest BCUT2D eigenvalue weighted by Gasteiger charge is 2.33. The maximum atomic E-state index is 3.59. The van der Waals surface area contributed by atoms with Crippen LogP contribution in [0.2, 0.25) is 11.6 Å². The summed E-state index contributed by atoms with van der Waals surface area (Å²) >= 11 is 0. The number of hydrogen-bond acceptors (Lipinski definition) is 2. The predicted octanol–water partition coefficient (Wildman–Crippen LogP) is 1.73. The summed E-state index contributed by atoms with van der Waals surface area (Å²) in [5.41, 5.74) is 0.861. The van der Waals surface area contributed by atoms with Crippen LogP contribution in [0.1, 0.15) is 27.2 Å². The monoisotopic (exact) mass is 188 g/mol. The Balaban J connectivity index is 4.33. The molecule has 2 atom stereocenters. The molecule has 74 valence electrons. The highest BCUT2D eigenvalue weighted by Crippen LogP contribution is 2.24. The van der Waals surface area contributed by atoms with Crippen LogP contribution in [0.5, 0.6) is 0 Å². The minimum Gasteiger partial charge on any atom is -0.339 e. The Hall–Kier alpha value is 0.137. The molecule has 2 nitrogen and oxygen atoms in total. The van der Waals surface area contributed by atoms with Crippen LogP contribution in [-0.4, -0.2) is 28.5 Å². The van der Waals surface area contributed by atoms with Gasteiger partial charge in [-0.3, -0.25) is 0 Å². The second kappa shape index (κ2) is 5.73. The SMILES string of the molecule is CCC(C)[Si](CC)(CNC)NC. The molecule has 0 aromatic rings. The molecule has 0 bridgehead atoms. The first-order chi connectivity index (χ1) is 5.66. The molecule has 0 heterocycles. The standard InChI is InChI=1S/C9H24N2Si/c1-6-9(3)12(7-2,11-5)8-10-4/h9-11H,6-8H2,1-5H3. The summed E-state index contributed by atoms with van der Waals surface area (Å²) < 4.78 is 0. The molecule has 0 saturated heterocycles. The van der Waals surface area contributed by atoms with Crippen molar-refractivity contribution in [1.82, 2.24) is 10.3 Å². The van der Waals surface area contributed by atoms with Crippen molar-refractivity contribution >= 4 is 8.24 Å². The van der Waals surface area contributed by atoms with Gasteiger partial charge in [0.1, 0.15) is 8.24 Å². The Morgan fingerprint density at radius 2 is 1.83 bits per heavy atom. The molecule has 2 unspecified atom stereocenters. The van der Waals surface area contributed by atoms with Crippen LogP contribution >= 0.6 is 0 Å². The summed E-state index contributed by atoms with van der Waals surface area (Å²) in [4.78, 5) is 3.59. The molecule has 0 aromatic heterocycles. The van der Waals surface area contributed by atoms with Gasteiger partial charge in [-0.15, -0.1) is 0 Å². The number of nitrogens with one attached hydrogen (secondary N) is 2. The highest BCUT2D eigenvalue weighted by molar-refractivity contribution is 6.78. The second-order valence-corrected chi connectivity index (χ2v) is 8.46. The molecule has 0 spiro atoms. The van der Waals surface area contributed by atoms with Crippen LogP contribution in [0.25, 0.3) is 0 Å². The average Bonchev–Trinajstić information content (AvgIpc) is 2.13. The van der Waals surface area contributed by atoms with Crippen molar-refractivity contribution in [3.63, 3.8) is 0 Å². The number of rotatable bonds is 6. The Bertz CT molecular complexity index is 113. The molecular formula is C9H24N2Si. The highest BCUT2D eigenvalue weighted by atomic mass is 28.3. The van der Waals surface area contributed by atoms with Gasteiger partial charge in [-0.25, -0.2) is 0 Å². The van der Waals surface area contributed by atoms with E-state index in [1.165, 1.54) is 18.6 Å². The molecule has 0 saturated carbocycles. The lowest BCUT2D eigenvalue weighted by atomic mass is 10.4. The van der Waals surface area contributed by atoms with Gasteiger partial charge >= 0.3 is 0 Å². The Morgan fingerprint density at radius 3 is 2.08 bits per heavy atom.